The Morgan fingerprint density at radius 3 is 2.52 bits per heavy atom. The molecule has 0 fully saturated rings. The van der Waals surface area contributed by atoms with Crippen molar-refractivity contribution in [1.29, 1.82) is 0 Å². The van der Waals surface area contributed by atoms with E-state index in [1.807, 2.05) is 36.4 Å². The lowest BCUT2D eigenvalue weighted by molar-refractivity contribution is 0.433. The van der Waals surface area contributed by atoms with Gasteiger partial charge in [0.15, 0.2) is 0 Å². The molecule has 0 saturated heterocycles. The van der Waals surface area contributed by atoms with Gasteiger partial charge >= 0.3 is 0 Å². The molecule has 29 heavy (non-hydrogen) atoms. The predicted octanol–water partition coefficient (Wildman–Crippen LogP) is 6.01. The van der Waals surface area contributed by atoms with Gasteiger partial charge in [0, 0.05) is 16.7 Å². The molecule has 0 N–H and O–H groups in total. The van der Waals surface area contributed by atoms with Crippen LogP contribution in [0.15, 0.2) is 76.5 Å². The third-order valence-electron chi connectivity index (χ3n) is 4.56. The van der Waals surface area contributed by atoms with Crippen LogP contribution in [0.25, 0.3) is 32.4 Å². The quantitative estimate of drug-likeness (QED) is 0.258. The zero-order chi connectivity index (χ0) is 19.6. The number of nitrogens with zero attached hydrogens (tertiary/aromatic N) is 4. The zero-order valence-corrected chi connectivity index (χ0v) is 17.2. The van der Waals surface area contributed by atoms with Crippen molar-refractivity contribution in [2.75, 3.05) is 0 Å². The third-order valence-corrected chi connectivity index (χ3v) is 6.81. The second kappa shape index (κ2) is 7.77. The zero-order valence-electron chi connectivity index (χ0n) is 15.6. The van der Waals surface area contributed by atoms with Gasteiger partial charge in [-0.2, -0.15) is 4.98 Å². The van der Waals surface area contributed by atoms with Crippen LogP contribution in [-0.2, 0) is 5.75 Å². The lowest BCUT2D eigenvalue weighted by Gasteiger charge is -2.03. The third kappa shape index (κ3) is 3.54. The second-order valence-corrected chi connectivity index (χ2v) is 8.44. The number of benzene rings is 2. The van der Waals surface area contributed by atoms with Crippen molar-refractivity contribution in [2.24, 2.45) is 0 Å². The Hall–Kier alpha value is -3.03. The summed E-state index contributed by atoms with van der Waals surface area (Å²) in [6.45, 7) is 2.07. The minimum atomic E-state index is 0.517. The first-order valence-electron chi connectivity index (χ1n) is 9.10. The second-order valence-electron chi connectivity index (χ2n) is 6.48. The van der Waals surface area contributed by atoms with E-state index in [9.17, 15) is 0 Å². The minimum Gasteiger partial charge on any atom is -0.333 e. The molecule has 3 aromatic heterocycles. The number of aryl methyl sites for hydroxylation is 1. The smallest absolute Gasteiger partial charge is 0.268 e. The van der Waals surface area contributed by atoms with Crippen molar-refractivity contribution in [3.05, 3.63) is 78.1 Å². The van der Waals surface area contributed by atoms with Gasteiger partial charge in [-0.1, -0.05) is 65.8 Å². The topological polar surface area (TPSA) is 64.7 Å². The maximum absolute atomic E-state index is 5.58. The summed E-state index contributed by atoms with van der Waals surface area (Å²) in [7, 11) is 0. The van der Waals surface area contributed by atoms with E-state index in [0.29, 0.717) is 11.7 Å². The van der Waals surface area contributed by atoms with Crippen molar-refractivity contribution in [3.8, 4) is 22.2 Å². The molecule has 5 rings (SSSR count). The Bertz CT molecular complexity index is 1270. The van der Waals surface area contributed by atoms with Crippen LogP contribution < -0.4 is 0 Å². The largest absolute Gasteiger partial charge is 0.333 e. The Morgan fingerprint density at radius 1 is 0.966 bits per heavy atom. The van der Waals surface area contributed by atoms with E-state index in [2.05, 4.69) is 51.3 Å². The van der Waals surface area contributed by atoms with E-state index in [1.165, 1.54) is 5.56 Å². The highest BCUT2D eigenvalue weighted by Gasteiger charge is 2.20. The highest BCUT2D eigenvalue weighted by molar-refractivity contribution is 7.98. The number of thioether (sulfide) groups is 1. The fourth-order valence-electron chi connectivity index (χ4n) is 3.10. The number of hydrogen-bond donors (Lipinski definition) is 0. The average molecular weight is 417 g/mol. The maximum Gasteiger partial charge on any atom is 0.268 e. The lowest BCUT2D eigenvalue weighted by Crippen LogP contribution is -1.87. The van der Waals surface area contributed by atoms with Gasteiger partial charge < -0.3 is 4.52 Å². The highest BCUT2D eigenvalue weighted by atomic mass is 32.2. The van der Waals surface area contributed by atoms with Crippen LogP contribution in [0.1, 0.15) is 11.1 Å². The first-order valence-corrected chi connectivity index (χ1v) is 10.9. The summed E-state index contributed by atoms with van der Waals surface area (Å²) < 4.78 is 5.58. The Morgan fingerprint density at radius 2 is 1.72 bits per heavy atom. The molecule has 3 heterocycles. The van der Waals surface area contributed by atoms with E-state index >= 15 is 0 Å². The molecule has 142 valence electrons. The molecule has 0 amide bonds. The highest BCUT2D eigenvalue weighted by Crippen LogP contribution is 2.40. The molecule has 0 spiro atoms. The van der Waals surface area contributed by atoms with Crippen LogP contribution in [0.3, 0.4) is 0 Å². The Kier molecular flexibility index (Phi) is 4.83. The normalized spacial score (nSPS) is 11.2. The minimum absolute atomic E-state index is 0.517. The summed E-state index contributed by atoms with van der Waals surface area (Å²) in [5.74, 6) is 1.96. The summed E-state index contributed by atoms with van der Waals surface area (Å²) >= 11 is 3.28. The molecular formula is C22H16N4OS2. The van der Waals surface area contributed by atoms with Gasteiger partial charge in [-0.25, -0.2) is 9.97 Å². The van der Waals surface area contributed by atoms with Gasteiger partial charge in [-0.15, -0.1) is 23.1 Å². The van der Waals surface area contributed by atoms with Crippen LogP contribution in [0.5, 0.6) is 0 Å². The van der Waals surface area contributed by atoms with E-state index in [0.717, 1.165) is 37.0 Å². The molecule has 5 aromatic rings. The first kappa shape index (κ1) is 18.0. The van der Waals surface area contributed by atoms with Crippen LogP contribution in [0, 0.1) is 6.92 Å². The molecule has 0 radical (unpaired) electrons. The lowest BCUT2D eigenvalue weighted by atomic mass is 10.2. The predicted molar refractivity (Wildman–Crippen MR) is 117 cm³/mol. The maximum atomic E-state index is 5.58. The summed E-state index contributed by atoms with van der Waals surface area (Å²) in [6.07, 6.45) is 1.62. The Balaban J connectivity index is 1.50. The SMILES string of the molecule is Cc1c(-c2nc(-c3ccccc3)no2)sc2ncnc(SCc3ccccc3)c12. The molecule has 0 unspecified atom stereocenters. The molecule has 5 nitrogen and oxygen atoms in total. The van der Waals surface area contributed by atoms with Gasteiger partial charge in [0.2, 0.25) is 5.82 Å². The molecule has 0 atom stereocenters. The van der Waals surface area contributed by atoms with Crippen molar-refractivity contribution < 1.29 is 4.52 Å². The summed E-state index contributed by atoms with van der Waals surface area (Å²) in [5, 5.41) is 6.19. The molecule has 0 saturated carbocycles. The van der Waals surface area contributed by atoms with Crippen LogP contribution in [0.4, 0.5) is 0 Å². The van der Waals surface area contributed by atoms with Crippen molar-refractivity contribution >= 4 is 33.3 Å². The van der Waals surface area contributed by atoms with Crippen molar-refractivity contribution in [1.82, 2.24) is 20.1 Å². The van der Waals surface area contributed by atoms with E-state index in [-0.39, 0.29) is 0 Å². The average Bonchev–Trinajstić information content (AvgIpc) is 3.39. The summed E-state index contributed by atoms with van der Waals surface area (Å²) in [4.78, 5) is 15.5. The van der Waals surface area contributed by atoms with Crippen molar-refractivity contribution in [2.45, 2.75) is 17.7 Å². The molecule has 0 bridgehead atoms. The van der Waals surface area contributed by atoms with Gasteiger partial charge in [-0.3, -0.25) is 0 Å². The standard InChI is InChI=1S/C22H16N4OS2/c1-14-17-21(28-12-15-8-4-2-5-9-15)23-13-24-22(17)29-18(14)20-25-19(26-27-20)16-10-6-3-7-11-16/h2-11,13H,12H2,1H3. The molecule has 2 aromatic carbocycles. The molecule has 0 aliphatic carbocycles. The van der Waals surface area contributed by atoms with Crippen LogP contribution in [0.2, 0.25) is 0 Å². The molecule has 0 aliphatic rings. The van der Waals surface area contributed by atoms with E-state index in [4.69, 9.17) is 4.52 Å². The van der Waals surface area contributed by atoms with Crippen LogP contribution >= 0.6 is 23.1 Å². The van der Waals surface area contributed by atoms with Crippen LogP contribution in [-0.4, -0.2) is 20.1 Å². The summed E-state index contributed by atoms with van der Waals surface area (Å²) in [5.41, 5.74) is 3.27. The van der Waals surface area contributed by atoms with Gasteiger partial charge in [0.1, 0.15) is 16.2 Å². The number of fused-ring (bicyclic) bond motifs is 1. The Labute approximate surface area is 175 Å². The number of thiophene rings is 1. The molecule has 7 heteroatoms. The van der Waals surface area contributed by atoms with Gasteiger partial charge in [-0.05, 0) is 18.1 Å². The first-order chi connectivity index (χ1) is 14.3. The van der Waals surface area contributed by atoms with E-state index in [1.54, 1.807) is 29.4 Å². The monoisotopic (exact) mass is 416 g/mol. The van der Waals surface area contributed by atoms with E-state index < -0.39 is 0 Å². The number of rotatable bonds is 5. The fraction of sp³-hybridized carbons (Fsp3) is 0.0909. The van der Waals surface area contributed by atoms with Crippen molar-refractivity contribution in [3.63, 3.8) is 0 Å². The molecule has 0 aliphatic heterocycles. The fourth-order valence-corrected chi connectivity index (χ4v) is 5.25. The molecular weight excluding hydrogens is 400 g/mol. The number of hydrogen-bond acceptors (Lipinski definition) is 7. The number of aromatic nitrogens is 4. The van der Waals surface area contributed by atoms with Gasteiger partial charge in [0.05, 0.1) is 4.88 Å². The summed E-state index contributed by atoms with van der Waals surface area (Å²) in [6, 6.07) is 20.2. The van der Waals surface area contributed by atoms with Gasteiger partial charge in [0.25, 0.3) is 5.89 Å².